The van der Waals surface area contributed by atoms with Gasteiger partial charge in [-0.1, -0.05) is 24.6 Å². The second-order valence-electron chi connectivity index (χ2n) is 5.36. The van der Waals surface area contributed by atoms with Gasteiger partial charge in [0.2, 0.25) is 9.84 Å². The molecule has 1 N–H and O–H groups in total. The predicted octanol–water partition coefficient (Wildman–Crippen LogP) is 5.69. The SMILES string of the molecule is CCS/C(Nc1cccc(C(F)(F)F)c1)=C(\C#N)S(=O)(=O)c1ccc(Cl)cc1. The molecule has 0 unspecified atom stereocenters. The van der Waals surface area contributed by atoms with E-state index in [0.717, 1.165) is 23.9 Å². The Kier molecular flexibility index (Phi) is 7.04. The first kappa shape index (κ1) is 22.1. The van der Waals surface area contributed by atoms with Gasteiger partial charge in [-0.25, -0.2) is 8.42 Å². The molecule has 0 spiro atoms. The average Bonchev–Trinajstić information content (AvgIpc) is 2.62. The zero-order valence-electron chi connectivity index (χ0n) is 14.4. The monoisotopic (exact) mass is 446 g/mol. The maximum Gasteiger partial charge on any atom is 0.416 e. The van der Waals surface area contributed by atoms with E-state index < -0.39 is 26.5 Å². The highest BCUT2D eigenvalue weighted by Gasteiger charge is 2.31. The third-order valence-electron chi connectivity index (χ3n) is 3.44. The van der Waals surface area contributed by atoms with Gasteiger partial charge in [-0.3, -0.25) is 0 Å². The molecular formula is C18H14ClF3N2O2S2. The van der Waals surface area contributed by atoms with Crippen molar-refractivity contribution in [2.45, 2.75) is 18.0 Å². The number of anilines is 1. The zero-order chi connectivity index (χ0) is 20.9. The summed E-state index contributed by atoms with van der Waals surface area (Å²) < 4.78 is 64.5. The molecule has 2 aromatic carbocycles. The van der Waals surface area contributed by atoms with Gasteiger partial charge in [0.15, 0.2) is 4.91 Å². The molecule has 4 nitrogen and oxygen atoms in total. The van der Waals surface area contributed by atoms with E-state index >= 15 is 0 Å². The minimum Gasteiger partial charge on any atom is -0.349 e. The maximum atomic E-state index is 12.9. The van der Waals surface area contributed by atoms with E-state index in [1.807, 2.05) is 0 Å². The van der Waals surface area contributed by atoms with Gasteiger partial charge in [0, 0.05) is 10.7 Å². The van der Waals surface area contributed by atoms with Crippen molar-refractivity contribution in [2.24, 2.45) is 0 Å². The van der Waals surface area contributed by atoms with Crippen molar-refractivity contribution in [3.05, 3.63) is 69.1 Å². The van der Waals surface area contributed by atoms with E-state index in [1.54, 1.807) is 13.0 Å². The van der Waals surface area contributed by atoms with Crippen LogP contribution in [0.25, 0.3) is 0 Å². The van der Waals surface area contributed by atoms with Crippen LogP contribution in [-0.4, -0.2) is 14.2 Å². The van der Waals surface area contributed by atoms with E-state index in [2.05, 4.69) is 5.32 Å². The minimum atomic E-state index is -4.55. The van der Waals surface area contributed by atoms with Crippen molar-refractivity contribution in [3.63, 3.8) is 0 Å². The highest BCUT2D eigenvalue weighted by atomic mass is 35.5. The number of allylic oxidation sites excluding steroid dienone is 1. The van der Waals surface area contributed by atoms with E-state index in [4.69, 9.17) is 11.6 Å². The van der Waals surface area contributed by atoms with E-state index in [0.29, 0.717) is 10.8 Å². The number of nitrogens with zero attached hydrogens (tertiary/aromatic N) is 1. The van der Waals surface area contributed by atoms with Crippen molar-refractivity contribution in [2.75, 3.05) is 11.1 Å². The fraction of sp³-hybridized carbons (Fsp3) is 0.167. The Morgan fingerprint density at radius 2 is 1.86 bits per heavy atom. The lowest BCUT2D eigenvalue weighted by Gasteiger charge is -2.14. The molecule has 0 atom stereocenters. The van der Waals surface area contributed by atoms with Crippen LogP contribution in [0.2, 0.25) is 5.02 Å². The largest absolute Gasteiger partial charge is 0.416 e. The molecule has 0 aliphatic rings. The number of nitrogens with one attached hydrogen (secondary N) is 1. The lowest BCUT2D eigenvalue weighted by molar-refractivity contribution is -0.137. The van der Waals surface area contributed by atoms with Gasteiger partial charge in [-0.2, -0.15) is 18.4 Å². The Hall–Kier alpha value is -2.15. The summed E-state index contributed by atoms with van der Waals surface area (Å²) in [5, 5.41) is 12.4. The molecule has 0 saturated heterocycles. The number of hydrogen-bond acceptors (Lipinski definition) is 5. The van der Waals surface area contributed by atoms with Crippen molar-refractivity contribution < 1.29 is 21.6 Å². The van der Waals surface area contributed by atoms with Crippen LogP contribution >= 0.6 is 23.4 Å². The standard InChI is InChI=1S/C18H14ClF3N2O2S2/c1-2-27-17(24-14-5-3-4-12(10-14)18(20,21)22)16(11-23)28(25,26)15-8-6-13(19)7-9-15/h3-10,24H,2H2,1H3/b17-16+. The number of halogens is 4. The number of benzene rings is 2. The van der Waals surface area contributed by atoms with Gasteiger partial charge in [0.1, 0.15) is 11.1 Å². The summed E-state index contributed by atoms with van der Waals surface area (Å²) in [5.74, 6) is 0.391. The van der Waals surface area contributed by atoms with Crippen molar-refractivity contribution >= 4 is 38.9 Å². The third-order valence-corrected chi connectivity index (χ3v) is 6.43. The van der Waals surface area contributed by atoms with Crippen LogP contribution in [0.3, 0.4) is 0 Å². The average molecular weight is 447 g/mol. The van der Waals surface area contributed by atoms with Crippen LogP contribution in [0.1, 0.15) is 12.5 Å². The second kappa shape index (κ2) is 8.90. The van der Waals surface area contributed by atoms with Gasteiger partial charge in [0.25, 0.3) is 0 Å². The minimum absolute atomic E-state index is 0.0184. The van der Waals surface area contributed by atoms with Gasteiger partial charge < -0.3 is 5.32 Å². The summed E-state index contributed by atoms with van der Waals surface area (Å²) in [6.45, 7) is 1.72. The van der Waals surface area contributed by atoms with Crippen LogP contribution in [0.5, 0.6) is 0 Å². The summed E-state index contributed by atoms with van der Waals surface area (Å²) >= 11 is 6.77. The molecule has 0 amide bonds. The molecular weight excluding hydrogens is 433 g/mol. The summed E-state index contributed by atoms with van der Waals surface area (Å²) in [4.78, 5) is -0.729. The summed E-state index contributed by atoms with van der Waals surface area (Å²) in [6.07, 6.45) is -4.55. The molecule has 28 heavy (non-hydrogen) atoms. The molecule has 0 heterocycles. The summed E-state index contributed by atoms with van der Waals surface area (Å²) in [6, 6.07) is 11.2. The van der Waals surface area contributed by atoms with Crippen molar-refractivity contribution in [1.29, 1.82) is 5.26 Å². The molecule has 10 heteroatoms. The molecule has 0 aliphatic carbocycles. The quantitative estimate of drug-likeness (QED) is 0.577. The summed E-state index contributed by atoms with van der Waals surface area (Å²) in [7, 11) is -4.19. The fourth-order valence-electron chi connectivity index (χ4n) is 2.17. The van der Waals surface area contributed by atoms with Gasteiger partial charge >= 0.3 is 6.18 Å². The Morgan fingerprint density at radius 1 is 1.21 bits per heavy atom. The smallest absolute Gasteiger partial charge is 0.349 e. The molecule has 0 saturated carbocycles. The van der Waals surface area contributed by atoms with Crippen LogP contribution < -0.4 is 5.32 Å². The highest BCUT2D eigenvalue weighted by Crippen LogP contribution is 2.33. The lowest BCUT2D eigenvalue weighted by Crippen LogP contribution is -2.11. The fourth-order valence-corrected chi connectivity index (χ4v) is 4.60. The maximum absolute atomic E-state index is 12.9. The zero-order valence-corrected chi connectivity index (χ0v) is 16.8. The van der Waals surface area contributed by atoms with Crippen molar-refractivity contribution in [3.8, 4) is 6.07 Å². The Labute approximate surface area is 169 Å². The van der Waals surface area contributed by atoms with Gasteiger partial charge in [-0.05, 0) is 48.2 Å². The number of alkyl halides is 3. The van der Waals surface area contributed by atoms with Gasteiger partial charge in [0.05, 0.1) is 10.5 Å². The topological polar surface area (TPSA) is 70.0 Å². The van der Waals surface area contributed by atoms with Crippen LogP contribution in [0, 0.1) is 11.3 Å². The number of rotatable bonds is 6. The Bertz CT molecular complexity index is 1030. The Morgan fingerprint density at radius 3 is 2.39 bits per heavy atom. The van der Waals surface area contributed by atoms with Crippen LogP contribution in [0.4, 0.5) is 18.9 Å². The lowest BCUT2D eigenvalue weighted by atomic mass is 10.2. The molecule has 0 bridgehead atoms. The number of nitriles is 1. The third kappa shape index (κ3) is 5.22. The predicted molar refractivity (Wildman–Crippen MR) is 104 cm³/mol. The Balaban J connectivity index is 2.53. The first-order valence-electron chi connectivity index (χ1n) is 7.81. The highest BCUT2D eigenvalue weighted by molar-refractivity contribution is 8.04. The molecule has 0 aliphatic heterocycles. The molecule has 2 aromatic rings. The molecule has 0 radical (unpaired) electrons. The van der Waals surface area contributed by atoms with Crippen molar-refractivity contribution in [1.82, 2.24) is 0 Å². The van der Waals surface area contributed by atoms with E-state index in [1.165, 1.54) is 36.4 Å². The number of thioether (sulfide) groups is 1. The number of hydrogen-bond donors (Lipinski definition) is 1. The first-order valence-corrected chi connectivity index (χ1v) is 10.7. The van der Waals surface area contributed by atoms with E-state index in [-0.39, 0.29) is 15.6 Å². The van der Waals surface area contributed by atoms with Crippen LogP contribution in [0.15, 0.2) is 63.4 Å². The second-order valence-corrected chi connectivity index (χ2v) is 8.96. The molecule has 2 rings (SSSR count). The molecule has 148 valence electrons. The number of sulfone groups is 1. The van der Waals surface area contributed by atoms with Gasteiger partial charge in [-0.15, -0.1) is 11.8 Å². The van der Waals surface area contributed by atoms with E-state index in [9.17, 15) is 26.9 Å². The molecule has 0 aromatic heterocycles. The summed E-state index contributed by atoms with van der Waals surface area (Å²) in [5.41, 5.74) is -0.873. The molecule has 0 fully saturated rings. The first-order chi connectivity index (χ1) is 13.1. The van der Waals surface area contributed by atoms with Crippen LogP contribution in [-0.2, 0) is 16.0 Å². The normalized spacial score (nSPS) is 12.9.